The highest BCUT2D eigenvalue weighted by Gasteiger charge is 2.38. The van der Waals surface area contributed by atoms with Gasteiger partial charge in [-0.1, -0.05) is 12.8 Å². The van der Waals surface area contributed by atoms with E-state index >= 15 is 0 Å². The zero-order chi connectivity index (χ0) is 15.4. The Balaban J connectivity index is 1.58. The monoisotopic (exact) mass is 303 g/mol. The average molecular weight is 303 g/mol. The minimum atomic E-state index is -0.228. The summed E-state index contributed by atoms with van der Waals surface area (Å²) in [7, 11) is 0. The molecule has 22 heavy (non-hydrogen) atoms. The first kappa shape index (κ1) is 15.4. The summed E-state index contributed by atoms with van der Waals surface area (Å²) in [4.78, 5) is 22.7. The van der Waals surface area contributed by atoms with Crippen molar-refractivity contribution in [1.29, 1.82) is 0 Å². The van der Waals surface area contributed by atoms with Crippen LogP contribution in [0.2, 0.25) is 0 Å². The van der Waals surface area contributed by atoms with Crippen LogP contribution in [-0.4, -0.2) is 44.6 Å². The summed E-state index contributed by atoms with van der Waals surface area (Å²) in [5.41, 5.74) is 0.914. The Bertz CT molecular complexity index is 494. The lowest BCUT2D eigenvalue weighted by molar-refractivity contribution is -0.134. The highest BCUT2D eigenvalue weighted by molar-refractivity contribution is 5.77. The van der Waals surface area contributed by atoms with Gasteiger partial charge in [-0.25, -0.2) is 9.97 Å². The van der Waals surface area contributed by atoms with Crippen molar-refractivity contribution in [1.82, 2.24) is 14.9 Å². The molecule has 3 rings (SSSR count). The maximum atomic E-state index is 12.6. The van der Waals surface area contributed by atoms with E-state index in [9.17, 15) is 9.90 Å². The van der Waals surface area contributed by atoms with Crippen LogP contribution in [0.4, 0.5) is 0 Å². The Hall–Kier alpha value is -1.49. The van der Waals surface area contributed by atoms with Gasteiger partial charge in [0.05, 0.1) is 6.10 Å². The molecular formula is C17H25N3O2. The number of likely N-dealkylation sites (tertiary alicyclic amines) is 1. The number of aliphatic hydroxyl groups excluding tert-OH is 1. The van der Waals surface area contributed by atoms with Crippen LogP contribution in [0.25, 0.3) is 0 Å². The van der Waals surface area contributed by atoms with E-state index in [-0.39, 0.29) is 24.0 Å². The summed E-state index contributed by atoms with van der Waals surface area (Å²) < 4.78 is 0. The molecular weight excluding hydrogens is 278 g/mol. The van der Waals surface area contributed by atoms with Gasteiger partial charge >= 0.3 is 0 Å². The maximum absolute atomic E-state index is 12.6. The van der Waals surface area contributed by atoms with E-state index in [2.05, 4.69) is 9.97 Å². The molecule has 0 aromatic carbocycles. The van der Waals surface area contributed by atoms with Crippen LogP contribution in [0.15, 0.2) is 18.6 Å². The van der Waals surface area contributed by atoms with E-state index in [0.717, 1.165) is 44.3 Å². The standard InChI is InChI=1S/C17H25N3O2/c21-16-6-2-1-4-14(16)15-5-3-11-20(15)17(22)8-7-13-9-10-18-12-19-13/h9-10,12,14-16,21H,1-8,11H2/t14-,15+,16+/m0/s1. The van der Waals surface area contributed by atoms with Gasteiger partial charge in [-0.05, 0) is 38.2 Å². The molecule has 2 heterocycles. The quantitative estimate of drug-likeness (QED) is 0.923. The van der Waals surface area contributed by atoms with Gasteiger partial charge in [0.1, 0.15) is 6.33 Å². The summed E-state index contributed by atoms with van der Waals surface area (Å²) in [5, 5.41) is 10.3. The fraction of sp³-hybridized carbons (Fsp3) is 0.706. The molecule has 5 nitrogen and oxygen atoms in total. The number of nitrogens with zero attached hydrogens (tertiary/aromatic N) is 3. The summed E-state index contributed by atoms with van der Waals surface area (Å²) in [6, 6.07) is 2.10. The lowest BCUT2D eigenvalue weighted by Gasteiger charge is -2.37. The predicted molar refractivity (Wildman–Crippen MR) is 83.1 cm³/mol. The van der Waals surface area contributed by atoms with E-state index in [1.165, 1.54) is 12.7 Å². The predicted octanol–water partition coefficient (Wildman–Crippen LogP) is 1.95. The van der Waals surface area contributed by atoms with Crippen molar-refractivity contribution in [2.45, 2.75) is 63.5 Å². The fourth-order valence-corrected chi connectivity index (χ4v) is 3.98. The van der Waals surface area contributed by atoms with Crippen LogP contribution in [0.5, 0.6) is 0 Å². The molecule has 5 heteroatoms. The molecule has 1 saturated carbocycles. The molecule has 0 bridgehead atoms. The van der Waals surface area contributed by atoms with Crippen LogP contribution in [0.3, 0.4) is 0 Å². The lowest BCUT2D eigenvalue weighted by atomic mass is 9.80. The second-order valence-electron chi connectivity index (χ2n) is 6.51. The number of aryl methyl sites for hydroxylation is 1. The summed E-state index contributed by atoms with van der Waals surface area (Å²) in [6.07, 6.45) is 10.5. The first-order valence-corrected chi connectivity index (χ1v) is 8.48. The molecule has 0 unspecified atom stereocenters. The number of aliphatic hydroxyl groups is 1. The summed E-state index contributed by atoms with van der Waals surface area (Å²) >= 11 is 0. The van der Waals surface area contributed by atoms with Crippen molar-refractivity contribution in [3.05, 3.63) is 24.3 Å². The Labute approximate surface area is 131 Å². The van der Waals surface area contributed by atoms with Crippen LogP contribution in [-0.2, 0) is 11.2 Å². The molecule has 120 valence electrons. The third-order valence-electron chi connectivity index (χ3n) is 5.13. The van der Waals surface area contributed by atoms with Crippen LogP contribution >= 0.6 is 0 Å². The minimum absolute atomic E-state index is 0.207. The normalized spacial score (nSPS) is 28.8. The summed E-state index contributed by atoms with van der Waals surface area (Å²) in [6.45, 7) is 0.844. The zero-order valence-corrected chi connectivity index (χ0v) is 13.0. The van der Waals surface area contributed by atoms with Crippen molar-refractivity contribution in [3.63, 3.8) is 0 Å². The number of hydrogen-bond donors (Lipinski definition) is 1. The highest BCUT2D eigenvalue weighted by atomic mass is 16.3. The second-order valence-corrected chi connectivity index (χ2v) is 6.51. The van der Waals surface area contributed by atoms with E-state index in [1.807, 2.05) is 11.0 Å². The number of aromatic nitrogens is 2. The Morgan fingerprint density at radius 3 is 2.91 bits per heavy atom. The van der Waals surface area contributed by atoms with Gasteiger partial charge < -0.3 is 10.0 Å². The molecule has 2 aliphatic rings. The molecule has 1 N–H and O–H groups in total. The van der Waals surface area contributed by atoms with Crippen molar-refractivity contribution < 1.29 is 9.90 Å². The van der Waals surface area contributed by atoms with E-state index < -0.39 is 0 Å². The SMILES string of the molecule is O=C(CCc1ccncn1)N1CCC[C@@H]1[C@@H]1CCCC[C@H]1O. The second kappa shape index (κ2) is 7.18. The molecule has 3 atom stereocenters. The van der Waals surface area contributed by atoms with Crippen molar-refractivity contribution in [2.24, 2.45) is 5.92 Å². The van der Waals surface area contributed by atoms with Crippen molar-refractivity contribution in [3.8, 4) is 0 Å². The van der Waals surface area contributed by atoms with Gasteiger partial charge in [0.25, 0.3) is 0 Å². The van der Waals surface area contributed by atoms with Crippen molar-refractivity contribution >= 4 is 5.91 Å². The number of carbonyl (C=O) groups excluding carboxylic acids is 1. The molecule has 0 spiro atoms. The first-order chi connectivity index (χ1) is 10.8. The molecule has 1 aliphatic carbocycles. The van der Waals surface area contributed by atoms with Gasteiger partial charge in [-0.15, -0.1) is 0 Å². The highest BCUT2D eigenvalue weighted by Crippen LogP contribution is 2.34. The number of hydrogen-bond acceptors (Lipinski definition) is 4. The van der Waals surface area contributed by atoms with Crippen LogP contribution < -0.4 is 0 Å². The topological polar surface area (TPSA) is 66.3 Å². The van der Waals surface area contributed by atoms with Crippen LogP contribution in [0, 0.1) is 5.92 Å². The average Bonchev–Trinajstić information content (AvgIpc) is 3.03. The van der Waals surface area contributed by atoms with Gasteiger partial charge in [-0.2, -0.15) is 0 Å². The lowest BCUT2D eigenvalue weighted by Crippen LogP contribution is -2.45. The molecule has 2 fully saturated rings. The van der Waals surface area contributed by atoms with Crippen molar-refractivity contribution in [2.75, 3.05) is 6.54 Å². The molecule has 0 radical (unpaired) electrons. The number of rotatable bonds is 4. The van der Waals surface area contributed by atoms with Gasteiger partial charge in [0.15, 0.2) is 0 Å². The van der Waals surface area contributed by atoms with Gasteiger partial charge in [-0.3, -0.25) is 4.79 Å². The number of amides is 1. The Morgan fingerprint density at radius 2 is 2.14 bits per heavy atom. The van der Waals surface area contributed by atoms with E-state index in [0.29, 0.717) is 12.8 Å². The zero-order valence-electron chi connectivity index (χ0n) is 13.0. The van der Waals surface area contributed by atoms with E-state index in [4.69, 9.17) is 0 Å². The third kappa shape index (κ3) is 3.46. The molecule has 1 saturated heterocycles. The maximum Gasteiger partial charge on any atom is 0.223 e. The minimum Gasteiger partial charge on any atom is -0.393 e. The van der Waals surface area contributed by atoms with Crippen LogP contribution in [0.1, 0.15) is 50.6 Å². The molecule has 1 aromatic rings. The Kier molecular flexibility index (Phi) is 5.03. The molecule has 1 amide bonds. The molecule has 1 aromatic heterocycles. The summed E-state index contributed by atoms with van der Waals surface area (Å²) in [5.74, 6) is 0.484. The van der Waals surface area contributed by atoms with Gasteiger partial charge in [0, 0.05) is 36.8 Å². The van der Waals surface area contributed by atoms with Gasteiger partial charge in [0.2, 0.25) is 5.91 Å². The smallest absolute Gasteiger partial charge is 0.223 e. The van der Waals surface area contributed by atoms with E-state index in [1.54, 1.807) is 6.20 Å². The fourth-order valence-electron chi connectivity index (χ4n) is 3.98. The molecule has 1 aliphatic heterocycles. The first-order valence-electron chi connectivity index (χ1n) is 8.48. The third-order valence-corrected chi connectivity index (χ3v) is 5.13. The largest absolute Gasteiger partial charge is 0.393 e. The number of carbonyl (C=O) groups is 1. The Morgan fingerprint density at radius 1 is 1.27 bits per heavy atom.